The molecule has 5 nitrogen and oxygen atoms in total. The Balaban J connectivity index is 1.80. The third-order valence-electron chi connectivity index (χ3n) is 1.75. The minimum Gasteiger partial charge on any atom is -0.361 e. The molecule has 0 aliphatic carbocycles. The summed E-state index contributed by atoms with van der Waals surface area (Å²) < 4.78 is 1.69. The molecule has 0 atom stereocenters. The van der Waals surface area contributed by atoms with Crippen LogP contribution in [0.4, 0.5) is 5.13 Å². The fourth-order valence-corrected chi connectivity index (χ4v) is 1.98. The molecule has 2 rings (SSSR count). The van der Waals surface area contributed by atoms with E-state index in [2.05, 4.69) is 20.4 Å². The van der Waals surface area contributed by atoms with Crippen molar-refractivity contribution < 1.29 is 0 Å². The van der Waals surface area contributed by atoms with E-state index in [1.807, 2.05) is 7.05 Å². The van der Waals surface area contributed by atoms with Crippen LogP contribution in [0.1, 0.15) is 5.82 Å². The maximum absolute atomic E-state index is 5.69. The minimum absolute atomic E-state index is 0.526. The second kappa shape index (κ2) is 4.59. The Kier molecular flexibility index (Phi) is 3.17. The van der Waals surface area contributed by atoms with E-state index in [0.717, 1.165) is 23.9 Å². The first-order valence-electron chi connectivity index (χ1n) is 4.43. The lowest BCUT2D eigenvalue weighted by Crippen LogP contribution is -2.06. The summed E-state index contributed by atoms with van der Waals surface area (Å²) in [6.45, 7) is 0.758. The van der Waals surface area contributed by atoms with Gasteiger partial charge >= 0.3 is 0 Å². The Morgan fingerprint density at radius 1 is 1.60 bits per heavy atom. The van der Waals surface area contributed by atoms with Crippen LogP contribution in [-0.2, 0) is 13.5 Å². The highest BCUT2D eigenvalue weighted by atomic mass is 35.5. The zero-order chi connectivity index (χ0) is 10.7. The second-order valence-corrected chi connectivity index (χ2v) is 4.23. The van der Waals surface area contributed by atoms with Crippen molar-refractivity contribution in [3.8, 4) is 0 Å². The molecule has 2 aromatic rings. The van der Waals surface area contributed by atoms with Crippen molar-refractivity contribution in [2.24, 2.45) is 7.05 Å². The van der Waals surface area contributed by atoms with Crippen LogP contribution in [0, 0.1) is 0 Å². The molecule has 2 heterocycles. The maximum atomic E-state index is 5.69. The summed E-state index contributed by atoms with van der Waals surface area (Å²) in [4.78, 5) is 8.19. The van der Waals surface area contributed by atoms with Crippen LogP contribution in [0.2, 0.25) is 5.15 Å². The Morgan fingerprint density at radius 3 is 3.07 bits per heavy atom. The number of nitrogens with one attached hydrogen (secondary N) is 1. The average Bonchev–Trinajstić information content (AvgIpc) is 2.76. The van der Waals surface area contributed by atoms with Gasteiger partial charge in [0.1, 0.15) is 11.5 Å². The van der Waals surface area contributed by atoms with Gasteiger partial charge in [0.05, 0.1) is 0 Å². The molecular formula is C8H10ClN5S. The first-order chi connectivity index (χ1) is 7.24. The molecule has 0 amide bonds. The number of nitrogens with zero attached hydrogens (tertiary/aromatic N) is 4. The van der Waals surface area contributed by atoms with Gasteiger partial charge in [-0.25, -0.2) is 9.97 Å². The van der Waals surface area contributed by atoms with Gasteiger partial charge in [-0.2, -0.15) is 5.10 Å². The number of halogens is 1. The quantitative estimate of drug-likeness (QED) is 0.886. The highest BCUT2D eigenvalue weighted by Crippen LogP contribution is 2.18. The maximum Gasteiger partial charge on any atom is 0.184 e. The van der Waals surface area contributed by atoms with E-state index in [0.29, 0.717) is 5.15 Å². The normalized spacial score (nSPS) is 10.5. The molecule has 0 spiro atoms. The van der Waals surface area contributed by atoms with E-state index in [9.17, 15) is 0 Å². The predicted molar refractivity (Wildman–Crippen MR) is 60.3 cm³/mol. The summed E-state index contributed by atoms with van der Waals surface area (Å²) in [7, 11) is 1.85. The van der Waals surface area contributed by atoms with Gasteiger partial charge in [0.2, 0.25) is 0 Å². The summed E-state index contributed by atoms with van der Waals surface area (Å²) in [5, 5.41) is 10.5. The van der Waals surface area contributed by atoms with Crippen molar-refractivity contribution in [3.63, 3.8) is 0 Å². The van der Waals surface area contributed by atoms with Crippen molar-refractivity contribution in [1.82, 2.24) is 19.7 Å². The molecule has 0 aliphatic rings. The molecule has 7 heteroatoms. The van der Waals surface area contributed by atoms with Gasteiger partial charge < -0.3 is 5.32 Å². The Bertz CT molecular complexity index is 397. The van der Waals surface area contributed by atoms with E-state index < -0.39 is 0 Å². The van der Waals surface area contributed by atoms with Gasteiger partial charge in [-0.3, -0.25) is 4.68 Å². The van der Waals surface area contributed by atoms with Gasteiger partial charge in [-0.1, -0.05) is 11.6 Å². The lowest BCUT2D eigenvalue weighted by atomic mass is 10.4. The third kappa shape index (κ3) is 2.90. The van der Waals surface area contributed by atoms with Crippen molar-refractivity contribution in [3.05, 3.63) is 22.7 Å². The van der Waals surface area contributed by atoms with E-state index in [4.69, 9.17) is 11.6 Å². The molecule has 0 aliphatic heterocycles. The summed E-state index contributed by atoms with van der Waals surface area (Å²) >= 11 is 7.18. The Labute approximate surface area is 96.1 Å². The predicted octanol–water partition coefficient (Wildman–Crippen LogP) is 1.58. The van der Waals surface area contributed by atoms with Crippen molar-refractivity contribution >= 4 is 28.1 Å². The Hall–Kier alpha value is -1.14. The summed E-state index contributed by atoms with van der Waals surface area (Å²) in [5.74, 6) is 0.827. The number of hydrogen-bond donors (Lipinski definition) is 1. The molecular weight excluding hydrogens is 234 g/mol. The SMILES string of the molecule is Cn1cnc(CCNc2nc(Cl)cs2)n1. The second-order valence-electron chi connectivity index (χ2n) is 2.99. The molecule has 0 saturated carbocycles. The largest absolute Gasteiger partial charge is 0.361 e. The number of thiazole rings is 1. The molecule has 0 fully saturated rings. The fraction of sp³-hybridized carbons (Fsp3) is 0.375. The van der Waals surface area contributed by atoms with Gasteiger partial charge in [0.15, 0.2) is 11.0 Å². The minimum atomic E-state index is 0.526. The molecule has 80 valence electrons. The third-order valence-corrected chi connectivity index (χ3v) is 2.87. The highest BCUT2D eigenvalue weighted by Gasteiger charge is 2.01. The van der Waals surface area contributed by atoms with E-state index in [1.165, 1.54) is 11.3 Å². The lowest BCUT2D eigenvalue weighted by Gasteiger charge is -1.98. The van der Waals surface area contributed by atoms with Crippen LogP contribution in [0.5, 0.6) is 0 Å². The number of hydrogen-bond acceptors (Lipinski definition) is 5. The van der Waals surface area contributed by atoms with Crippen molar-refractivity contribution in [2.45, 2.75) is 6.42 Å². The summed E-state index contributed by atoms with van der Waals surface area (Å²) in [5.41, 5.74) is 0. The Morgan fingerprint density at radius 2 is 2.47 bits per heavy atom. The highest BCUT2D eigenvalue weighted by molar-refractivity contribution is 7.14. The van der Waals surface area contributed by atoms with Crippen LogP contribution in [-0.4, -0.2) is 26.3 Å². The van der Waals surface area contributed by atoms with Crippen LogP contribution in [0.3, 0.4) is 0 Å². The van der Waals surface area contributed by atoms with Crippen molar-refractivity contribution in [2.75, 3.05) is 11.9 Å². The molecule has 0 radical (unpaired) electrons. The van der Waals surface area contributed by atoms with E-state index in [-0.39, 0.29) is 0 Å². The molecule has 2 aromatic heterocycles. The number of aryl methyl sites for hydroxylation is 1. The molecule has 0 unspecified atom stereocenters. The standard InChI is InChI=1S/C8H10ClN5S/c1-14-5-11-7(13-14)2-3-10-8-12-6(9)4-15-8/h4-5H,2-3H2,1H3,(H,10,12). The first kappa shape index (κ1) is 10.4. The molecule has 0 saturated heterocycles. The van der Waals surface area contributed by atoms with Crippen LogP contribution in [0.15, 0.2) is 11.7 Å². The smallest absolute Gasteiger partial charge is 0.184 e. The van der Waals surface area contributed by atoms with Crippen LogP contribution < -0.4 is 5.32 Å². The molecule has 0 aromatic carbocycles. The van der Waals surface area contributed by atoms with Crippen molar-refractivity contribution in [1.29, 1.82) is 0 Å². The average molecular weight is 244 g/mol. The first-order valence-corrected chi connectivity index (χ1v) is 5.69. The van der Waals surface area contributed by atoms with Gasteiger partial charge in [-0.05, 0) is 0 Å². The van der Waals surface area contributed by atoms with Gasteiger partial charge in [0, 0.05) is 25.4 Å². The van der Waals surface area contributed by atoms with E-state index in [1.54, 1.807) is 16.4 Å². The monoisotopic (exact) mass is 243 g/mol. The zero-order valence-electron chi connectivity index (χ0n) is 8.14. The molecule has 0 bridgehead atoms. The molecule has 1 N–H and O–H groups in total. The van der Waals surface area contributed by atoms with Crippen LogP contribution in [0.25, 0.3) is 0 Å². The number of anilines is 1. The number of rotatable bonds is 4. The van der Waals surface area contributed by atoms with E-state index >= 15 is 0 Å². The summed E-state index contributed by atoms with van der Waals surface area (Å²) in [6.07, 6.45) is 2.47. The van der Waals surface area contributed by atoms with Gasteiger partial charge in [0.25, 0.3) is 0 Å². The molecule has 15 heavy (non-hydrogen) atoms. The summed E-state index contributed by atoms with van der Waals surface area (Å²) in [6, 6.07) is 0. The van der Waals surface area contributed by atoms with Crippen LogP contribution >= 0.6 is 22.9 Å². The lowest BCUT2D eigenvalue weighted by molar-refractivity contribution is 0.742. The fourth-order valence-electron chi connectivity index (χ4n) is 1.12. The number of aromatic nitrogens is 4. The zero-order valence-corrected chi connectivity index (χ0v) is 9.72. The topological polar surface area (TPSA) is 55.6 Å². The van der Waals surface area contributed by atoms with Gasteiger partial charge in [-0.15, -0.1) is 11.3 Å².